The fraction of sp³-hybridized carbons (Fsp3) is 0.0667. The van der Waals surface area contributed by atoms with E-state index >= 15 is 0 Å². The van der Waals surface area contributed by atoms with Crippen molar-refractivity contribution in [3.63, 3.8) is 0 Å². The highest BCUT2D eigenvalue weighted by Gasteiger charge is 2.04. The average Bonchev–Trinajstić information content (AvgIpc) is 2.45. The van der Waals surface area contributed by atoms with E-state index in [1.165, 1.54) is 12.1 Å². The molecule has 20 heavy (non-hydrogen) atoms. The molecule has 0 aliphatic carbocycles. The molecule has 3 N–H and O–H groups in total. The molecule has 0 bridgehead atoms. The highest BCUT2D eigenvalue weighted by molar-refractivity contribution is 6.01. The van der Waals surface area contributed by atoms with Gasteiger partial charge in [0.1, 0.15) is 5.75 Å². The predicted octanol–water partition coefficient (Wildman–Crippen LogP) is 2.93. The number of aromatic carboxylic acids is 1. The number of anilines is 1. The first-order chi connectivity index (χ1) is 9.58. The molecule has 0 aliphatic rings. The summed E-state index contributed by atoms with van der Waals surface area (Å²) in [5, 5.41) is 22.7. The van der Waals surface area contributed by atoms with Gasteiger partial charge in [-0.25, -0.2) is 4.79 Å². The summed E-state index contributed by atoms with van der Waals surface area (Å²) >= 11 is 0. The molecule has 0 heterocycles. The van der Waals surface area contributed by atoms with Crippen LogP contribution in [0.4, 0.5) is 5.69 Å². The summed E-state index contributed by atoms with van der Waals surface area (Å²) in [7, 11) is 0. The minimum Gasteiger partial charge on any atom is -0.507 e. The second-order valence-corrected chi connectivity index (χ2v) is 4.21. The van der Waals surface area contributed by atoms with Gasteiger partial charge in [-0.15, -0.1) is 0 Å². The zero-order chi connectivity index (χ0) is 14.5. The van der Waals surface area contributed by atoms with E-state index in [9.17, 15) is 9.90 Å². The second-order valence-electron chi connectivity index (χ2n) is 4.21. The lowest BCUT2D eigenvalue weighted by Crippen LogP contribution is -2.00. The molecule has 102 valence electrons. The van der Waals surface area contributed by atoms with Crippen LogP contribution in [0.5, 0.6) is 5.75 Å². The summed E-state index contributed by atoms with van der Waals surface area (Å²) < 4.78 is 0. The van der Waals surface area contributed by atoms with Crippen LogP contribution in [0.25, 0.3) is 0 Å². The SMILES string of the molecule is CC(=NNc1ccc(C(=O)O)cc1)c1ccccc1O. The third-order valence-corrected chi connectivity index (χ3v) is 2.78. The van der Waals surface area contributed by atoms with Crippen LogP contribution in [-0.2, 0) is 0 Å². The third-order valence-electron chi connectivity index (χ3n) is 2.78. The van der Waals surface area contributed by atoms with Crippen LogP contribution in [0.1, 0.15) is 22.8 Å². The van der Waals surface area contributed by atoms with Gasteiger partial charge in [-0.2, -0.15) is 5.10 Å². The molecule has 0 spiro atoms. The number of phenolic OH excluding ortho intramolecular Hbond substituents is 1. The number of hydrogen-bond donors (Lipinski definition) is 3. The van der Waals surface area contributed by atoms with Crippen molar-refractivity contribution in [3.05, 3.63) is 59.7 Å². The maximum atomic E-state index is 10.7. The number of carboxylic acids is 1. The quantitative estimate of drug-likeness (QED) is 0.589. The topological polar surface area (TPSA) is 81.9 Å². The first-order valence-electron chi connectivity index (χ1n) is 6.00. The Kier molecular flexibility index (Phi) is 4.00. The van der Waals surface area contributed by atoms with Crippen molar-refractivity contribution in [2.75, 3.05) is 5.43 Å². The number of rotatable bonds is 4. The number of aromatic hydroxyl groups is 1. The Labute approximate surface area is 116 Å². The Hall–Kier alpha value is -2.82. The number of hydrazone groups is 1. The van der Waals surface area contributed by atoms with E-state index in [4.69, 9.17) is 5.11 Å². The average molecular weight is 270 g/mol. The van der Waals surface area contributed by atoms with Crippen LogP contribution in [0.2, 0.25) is 0 Å². The first-order valence-corrected chi connectivity index (χ1v) is 6.00. The van der Waals surface area contributed by atoms with E-state index in [2.05, 4.69) is 10.5 Å². The molecule has 0 aliphatic heterocycles. The van der Waals surface area contributed by atoms with Crippen molar-refractivity contribution in [2.45, 2.75) is 6.92 Å². The number of benzene rings is 2. The first kappa shape index (κ1) is 13.6. The van der Waals surface area contributed by atoms with Gasteiger partial charge in [0, 0.05) is 5.56 Å². The van der Waals surface area contributed by atoms with E-state index in [-0.39, 0.29) is 11.3 Å². The Morgan fingerprint density at radius 3 is 2.35 bits per heavy atom. The fourth-order valence-corrected chi connectivity index (χ4v) is 1.68. The highest BCUT2D eigenvalue weighted by Crippen LogP contribution is 2.17. The molecule has 2 aromatic carbocycles. The van der Waals surface area contributed by atoms with Gasteiger partial charge >= 0.3 is 5.97 Å². The highest BCUT2D eigenvalue weighted by atomic mass is 16.4. The van der Waals surface area contributed by atoms with Crippen molar-refractivity contribution >= 4 is 17.4 Å². The summed E-state index contributed by atoms with van der Waals surface area (Å²) in [5.41, 5.74) is 4.98. The van der Waals surface area contributed by atoms with Crippen LogP contribution >= 0.6 is 0 Å². The van der Waals surface area contributed by atoms with E-state index < -0.39 is 5.97 Å². The smallest absolute Gasteiger partial charge is 0.335 e. The molecule has 0 atom stereocenters. The number of nitrogens with zero attached hydrogens (tertiary/aromatic N) is 1. The number of carboxylic acid groups (broad SMARTS) is 1. The number of hydrogen-bond acceptors (Lipinski definition) is 4. The Morgan fingerprint density at radius 2 is 1.75 bits per heavy atom. The molecule has 0 amide bonds. The second kappa shape index (κ2) is 5.88. The van der Waals surface area contributed by atoms with Gasteiger partial charge < -0.3 is 10.2 Å². The van der Waals surface area contributed by atoms with E-state index in [0.29, 0.717) is 17.0 Å². The summed E-state index contributed by atoms with van der Waals surface area (Å²) in [6.45, 7) is 1.77. The van der Waals surface area contributed by atoms with Gasteiger partial charge in [-0.3, -0.25) is 5.43 Å². The number of phenols is 1. The molecule has 0 radical (unpaired) electrons. The number of carbonyl (C=O) groups is 1. The zero-order valence-electron chi connectivity index (χ0n) is 10.9. The lowest BCUT2D eigenvalue weighted by atomic mass is 10.1. The third kappa shape index (κ3) is 3.14. The van der Waals surface area contributed by atoms with Crippen molar-refractivity contribution in [2.24, 2.45) is 5.10 Å². The molecule has 5 heteroatoms. The van der Waals surface area contributed by atoms with Crippen molar-refractivity contribution in [1.82, 2.24) is 0 Å². The monoisotopic (exact) mass is 270 g/mol. The molecular formula is C15H14N2O3. The normalized spacial score (nSPS) is 11.2. The standard InChI is InChI=1S/C15H14N2O3/c1-10(13-4-2-3-5-14(13)18)16-17-12-8-6-11(7-9-12)15(19)20/h2-9,17-18H,1H3,(H,19,20). The predicted molar refractivity (Wildman–Crippen MR) is 77.3 cm³/mol. The van der Waals surface area contributed by atoms with Gasteiger partial charge in [0.15, 0.2) is 0 Å². The Balaban J connectivity index is 2.13. The van der Waals surface area contributed by atoms with Crippen LogP contribution < -0.4 is 5.43 Å². The van der Waals surface area contributed by atoms with Crippen molar-refractivity contribution < 1.29 is 15.0 Å². The maximum Gasteiger partial charge on any atom is 0.335 e. The largest absolute Gasteiger partial charge is 0.507 e. The minimum atomic E-state index is -0.967. The molecular weight excluding hydrogens is 256 g/mol. The van der Waals surface area contributed by atoms with Gasteiger partial charge in [0.2, 0.25) is 0 Å². The summed E-state index contributed by atoms with van der Waals surface area (Å²) in [6.07, 6.45) is 0. The lowest BCUT2D eigenvalue weighted by Gasteiger charge is -2.05. The molecule has 0 unspecified atom stereocenters. The van der Waals surface area contributed by atoms with Gasteiger partial charge in [-0.05, 0) is 43.3 Å². The number of para-hydroxylation sites is 1. The Morgan fingerprint density at radius 1 is 1.10 bits per heavy atom. The maximum absolute atomic E-state index is 10.7. The van der Waals surface area contributed by atoms with E-state index in [1.807, 2.05) is 6.07 Å². The van der Waals surface area contributed by atoms with Crippen LogP contribution in [0, 0.1) is 0 Å². The molecule has 0 saturated heterocycles. The van der Waals surface area contributed by atoms with E-state index in [1.54, 1.807) is 37.3 Å². The Bertz CT molecular complexity index is 648. The number of nitrogens with one attached hydrogen (secondary N) is 1. The van der Waals surface area contributed by atoms with Crippen LogP contribution in [-0.4, -0.2) is 21.9 Å². The fourth-order valence-electron chi connectivity index (χ4n) is 1.68. The zero-order valence-corrected chi connectivity index (χ0v) is 10.9. The molecule has 0 aromatic heterocycles. The van der Waals surface area contributed by atoms with Gasteiger partial charge in [0.25, 0.3) is 0 Å². The molecule has 2 aromatic rings. The van der Waals surface area contributed by atoms with Crippen LogP contribution in [0.3, 0.4) is 0 Å². The summed E-state index contributed by atoms with van der Waals surface area (Å²) in [5.74, 6) is -0.804. The summed E-state index contributed by atoms with van der Waals surface area (Å²) in [6, 6.07) is 13.2. The van der Waals surface area contributed by atoms with Gasteiger partial charge in [-0.1, -0.05) is 12.1 Å². The summed E-state index contributed by atoms with van der Waals surface area (Å²) in [4.78, 5) is 10.7. The molecule has 5 nitrogen and oxygen atoms in total. The molecule has 0 saturated carbocycles. The molecule has 2 rings (SSSR count). The lowest BCUT2D eigenvalue weighted by molar-refractivity contribution is 0.0697. The van der Waals surface area contributed by atoms with E-state index in [0.717, 1.165) is 0 Å². The van der Waals surface area contributed by atoms with Crippen molar-refractivity contribution in [1.29, 1.82) is 0 Å². The van der Waals surface area contributed by atoms with Crippen molar-refractivity contribution in [3.8, 4) is 5.75 Å². The van der Waals surface area contributed by atoms with Crippen LogP contribution in [0.15, 0.2) is 53.6 Å². The van der Waals surface area contributed by atoms with Gasteiger partial charge in [0.05, 0.1) is 17.0 Å². The minimum absolute atomic E-state index is 0.164. The molecule has 0 fully saturated rings.